The van der Waals surface area contributed by atoms with Gasteiger partial charge in [0.15, 0.2) is 0 Å². The third kappa shape index (κ3) is 9.21. The summed E-state index contributed by atoms with van der Waals surface area (Å²) in [5.41, 5.74) is 2.10. The average Bonchev–Trinajstić information content (AvgIpc) is 2.89. The largest absolute Gasteiger partial charge is 0.350 e. The molecule has 3 aromatic rings. The third-order valence-corrected chi connectivity index (χ3v) is 8.32. The molecule has 0 bridgehead atoms. The molecule has 0 unspecified atom stereocenters. The molecular formula is C31H37Cl2N3O4S. The van der Waals surface area contributed by atoms with Crippen molar-refractivity contribution in [2.45, 2.75) is 58.7 Å². The average molecular weight is 619 g/mol. The maximum Gasteiger partial charge on any atom is 0.244 e. The minimum absolute atomic E-state index is 0.0984. The molecule has 3 rings (SSSR count). The zero-order valence-electron chi connectivity index (χ0n) is 24.0. The molecule has 0 heterocycles. The van der Waals surface area contributed by atoms with Crippen LogP contribution in [0.5, 0.6) is 0 Å². The highest BCUT2D eigenvalue weighted by atomic mass is 35.5. The second-order valence-electron chi connectivity index (χ2n) is 11.0. The predicted octanol–water partition coefficient (Wildman–Crippen LogP) is 5.88. The van der Waals surface area contributed by atoms with Crippen LogP contribution < -0.4 is 9.62 Å². The lowest BCUT2D eigenvalue weighted by atomic mass is 10.0. The normalized spacial score (nSPS) is 12.5. The molecule has 0 aliphatic carbocycles. The lowest BCUT2D eigenvalue weighted by molar-refractivity contribution is -0.140. The molecule has 0 aliphatic rings. The molecule has 3 aromatic carbocycles. The van der Waals surface area contributed by atoms with Crippen molar-refractivity contribution in [1.29, 1.82) is 0 Å². The van der Waals surface area contributed by atoms with E-state index in [1.807, 2.05) is 70.2 Å². The van der Waals surface area contributed by atoms with E-state index >= 15 is 0 Å². The second kappa shape index (κ2) is 13.7. The Bertz CT molecular complexity index is 1440. The highest BCUT2D eigenvalue weighted by Gasteiger charge is 2.35. The molecule has 0 aromatic heterocycles. The fourth-order valence-electron chi connectivity index (χ4n) is 4.37. The van der Waals surface area contributed by atoms with Crippen LogP contribution in [0.15, 0.2) is 72.8 Å². The molecule has 0 spiro atoms. The Morgan fingerprint density at radius 2 is 1.46 bits per heavy atom. The Hall–Kier alpha value is -3.07. The number of amides is 2. The van der Waals surface area contributed by atoms with Gasteiger partial charge in [0.1, 0.15) is 12.6 Å². The van der Waals surface area contributed by atoms with E-state index in [-0.39, 0.29) is 18.9 Å². The number of hydrogen-bond acceptors (Lipinski definition) is 4. The van der Waals surface area contributed by atoms with Crippen LogP contribution in [0, 0.1) is 0 Å². The fourth-order valence-corrected chi connectivity index (χ4v) is 5.74. The summed E-state index contributed by atoms with van der Waals surface area (Å²) in [5.74, 6) is -0.952. The van der Waals surface area contributed by atoms with Gasteiger partial charge in [-0.1, -0.05) is 78.7 Å². The van der Waals surface area contributed by atoms with Gasteiger partial charge in [0.25, 0.3) is 0 Å². The van der Waals surface area contributed by atoms with Gasteiger partial charge in [-0.25, -0.2) is 8.42 Å². The first kappa shape index (κ1) is 32.4. The topological polar surface area (TPSA) is 86.8 Å². The van der Waals surface area contributed by atoms with Gasteiger partial charge < -0.3 is 10.2 Å². The molecule has 1 N–H and O–H groups in total. The molecule has 0 aliphatic heterocycles. The Kier molecular flexibility index (Phi) is 10.9. The van der Waals surface area contributed by atoms with Gasteiger partial charge in [-0.05, 0) is 62.6 Å². The quantitative estimate of drug-likeness (QED) is 0.291. The summed E-state index contributed by atoms with van der Waals surface area (Å²) in [6, 6.07) is 20.4. The smallest absolute Gasteiger partial charge is 0.244 e. The number of rotatable bonds is 11. The van der Waals surface area contributed by atoms with Crippen LogP contribution in [-0.4, -0.2) is 49.5 Å². The van der Waals surface area contributed by atoms with Crippen LogP contribution in [-0.2, 0) is 39.0 Å². The van der Waals surface area contributed by atoms with E-state index in [1.54, 1.807) is 30.3 Å². The van der Waals surface area contributed by atoms with Crippen molar-refractivity contribution in [2.24, 2.45) is 0 Å². The van der Waals surface area contributed by atoms with Crippen LogP contribution in [0.1, 0.15) is 44.4 Å². The van der Waals surface area contributed by atoms with Gasteiger partial charge in [0.05, 0.1) is 11.9 Å². The molecule has 220 valence electrons. The first-order valence-electron chi connectivity index (χ1n) is 13.3. The van der Waals surface area contributed by atoms with E-state index < -0.39 is 34.1 Å². The van der Waals surface area contributed by atoms with Crippen LogP contribution in [0.2, 0.25) is 10.0 Å². The van der Waals surface area contributed by atoms with Gasteiger partial charge in [0.2, 0.25) is 21.8 Å². The molecule has 7 nitrogen and oxygen atoms in total. The number of anilines is 1. The number of hydrogen-bond donors (Lipinski definition) is 1. The number of nitrogens with one attached hydrogen (secondary N) is 1. The summed E-state index contributed by atoms with van der Waals surface area (Å²) in [4.78, 5) is 29.3. The van der Waals surface area contributed by atoms with Crippen molar-refractivity contribution < 1.29 is 18.0 Å². The number of aryl methyl sites for hydroxylation is 1. The van der Waals surface area contributed by atoms with Crippen molar-refractivity contribution in [3.05, 3.63) is 99.5 Å². The van der Waals surface area contributed by atoms with Crippen LogP contribution in [0.25, 0.3) is 0 Å². The van der Waals surface area contributed by atoms with Gasteiger partial charge in [-0.3, -0.25) is 13.9 Å². The van der Waals surface area contributed by atoms with Crippen molar-refractivity contribution in [3.63, 3.8) is 0 Å². The Balaban J connectivity index is 2.11. The first-order chi connectivity index (χ1) is 19.2. The summed E-state index contributed by atoms with van der Waals surface area (Å²) in [6.07, 6.45) is 2.03. The zero-order valence-corrected chi connectivity index (χ0v) is 26.4. The van der Waals surface area contributed by atoms with Gasteiger partial charge in [-0.15, -0.1) is 0 Å². The van der Waals surface area contributed by atoms with Gasteiger partial charge >= 0.3 is 0 Å². The fraction of sp³-hybridized carbons (Fsp3) is 0.355. The number of halogens is 2. The SMILES string of the molecule is CCc1ccc(N(CC(=O)N(Cc2c(Cl)cccc2Cl)[C@H](Cc2ccccc2)C(=O)NC(C)(C)C)S(C)(=O)=O)cc1. The number of carbonyl (C=O) groups is 2. The maximum atomic E-state index is 14.2. The number of carbonyl (C=O) groups excluding carboxylic acids is 2. The van der Waals surface area contributed by atoms with E-state index in [0.29, 0.717) is 21.3 Å². The molecule has 2 amide bonds. The number of benzene rings is 3. The van der Waals surface area contributed by atoms with E-state index in [1.165, 1.54) is 4.90 Å². The van der Waals surface area contributed by atoms with E-state index in [0.717, 1.165) is 28.1 Å². The van der Waals surface area contributed by atoms with E-state index in [9.17, 15) is 18.0 Å². The summed E-state index contributed by atoms with van der Waals surface area (Å²) in [6.45, 7) is 6.95. The van der Waals surface area contributed by atoms with Gasteiger partial charge in [0, 0.05) is 34.1 Å². The summed E-state index contributed by atoms with van der Waals surface area (Å²) < 4.78 is 26.9. The molecule has 41 heavy (non-hydrogen) atoms. The Morgan fingerprint density at radius 1 is 0.878 bits per heavy atom. The molecular weight excluding hydrogens is 581 g/mol. The van der Waals surface area contributed by atoms with Gasteiger partial charge in [-0.2, -0.15) is 0 Å². The standard InChI is InChI=1S/C31H37Cl2N3O4S/c1-6-22-15-17-24(18-16-22)36(41(5,39)40)21-29(37)35(20-25-26(32)13-10-14-27(25)33)28(30(38)34-31(2,3)4)19-23-11-8-7-9-12-23/h7-18,28H,6,19-21H2,1-5H3,(H,34,38)/t28-/m1/s1. The lowest BCUT2D eigenvalue weighted by Crippen LogP contribution is -2.56. The Morgan fingerprint density at radius 3 is 1.98 bits per heavy atom. The van der Waals surface area contributed by atoms with Crippen molar-refractivity contribution in [3.8, 4) is 0 Å². The highest BCUT2D eigenvalue weighted by Crippen LogP contribution is 2.28. The van der Waals surface area contributed by atoms with E-state index in [4.69, 9.17) is 23.2 Å². The molecule has 0 saturated carbocycles. The molecule has 0 fully saturated rings. The summed E-state index contributed by atoms with van der Waals surface area (Å²) >= 11 is 13.0. The minimum atomic E-state index is -3.86. The summed E-state index contributed by atoms with van der Waals surface area (Å²) in [5, 5.41) is 3.65. The molecule has 1 atom stereocenters. The van der Waals surface area contributed by atoms with Crippen LogP contribution in [0.3, 0.4) is 0 Å². The summed E-state index contributed by atoms with van der Waals surface area (Å²) in [7, 11) is -3.86. The van der Waals surface area contributed by atoms with Crippen molar-refractivity contribution in [2.75, 3.05) is 17.1 Å². The molecule has 0 saturated heterocycles. The predicted molar refractivity (Wildman–Crippen MR) is 167 cm³/mol. The highest BCUT2D eigenvalue weighted by molar-refractivity contribution is 7.92. The molecule has 10 heteroatoms. The third-order valence-electron chi connectivity index (χ3n) is 6.47. The van der Waals surface area contributed by atoms with Crippen LogP contribution in [0.4, 0.5) is 5.69 Å². The number of sulfonamides is 1. The first-order valence-corrected chi connectivity index (χ1v) is 15.9. The minimum Gasteiger partial charge on any atom is -0.350 e. The van der Waals surface area contributed by atoms with Crippen LogP contribution >= 0.6 is 23.2 Å². The molecule has 0 radical (unpaired) electrons. The lowest BCUT2D eigenvalue weighted by Gasteiger charge is -2.35. The Labute approximate surface area is 253 Å². The van der Waals surface area contributed by atoms with E-state index in [2.05, 4.69) is 5.32 Å². The zero-order chi connectivity index (χ0) is 30.4. The number of nitrogens with zero attached hydrogens (tertiary/aromatic N) is 2. The monoisotopic (exact) mass is 617 g/mol. The van der Waals surface area contributed by atoms with Crippen molar-refractivity contribution in [1.82, 2.24) is 10.2 Å². The van der Waals surface area contributed by atoms with Crippen molar-refractivity contribution >= 4 is 50.7 Å². The second-order valence-corrected chi connectivity index (χ2v) is 13.7. The maximum absolute atomic E-state index is 14.2.